The van der Waals surface area contributed by atoms with Gasteiger partial charge in [0.1, 0.15) is 17.5 Å². The highest BCUT2D eigenvalue weighted by Crippen LogP contribution is 2.19. The molecular formula is C15H25N5O. The zero-order valence-corrected chi connectivity index (χ0v) is 13.2. The average molecular weight is 291 g/mol. The van der Waals surface area contributed by atoms with E-state index in [-0.39, 0.29) is 5.91 Å². The zero-order valence-electron chi connectivity index (χ0n) is 13.2. The first-order valence-electron chi connectivity index (χ1n) is 7.66. The lowest BCUT2D eigenvalue weighted by Crippen LogP contribution is -2.36. The van der Waals surface area contributed by atoms with Crippen LogP contribution in [-0.2, 0) is 4.79 Å². The van der Waals surface area contributed by atoms with E-state index in [0.717, 1.165) is 49.0 Å². The number of rotatable bonds is 5. The molecule has 1 aromatic heterocycles. The minimum absolute atomic E-state index is 0.236. The Morgan fingerprint density at radius 3 is 2.48 bits per heavy atom. The molecule has 2 heterocycles. The maximum absolute atomic E-state index is 12.1. The van der Waals surface area contributed by atoms with Crippen LogP contribution in [0.15, 0.2) is 0 Å². The van der Waals surface area contributed by atoms with Crippen LogP contribution >= 0.6 is 0 Å². The van der Waals surface area contributed by atoms with Gasteiger partial charge in [-0.05, 0) is 33.1 Å². The number of carbonyl (C=O) groups excluding carboxylic acids is 1. The summed E-state index contributed by atoms with van der Waals surface area (Å²) in [6, 6.07) is 0. The fourth-order valence-electron chi connectivity index (χ4n) is 2.63. The number of aromatic nitrogens is 2. The standard InChI is InChI=1S/C15H25N5O/c1-11-14(16-3)18-12(2)19-15(11)17-8-7-13(21)20-9-5-4-6-10-20/h4-10H2,1-3H3,(H2,16,17,18,19). The van der Waals surface area contributed by atoms with Crippen molar-refractivity contribution in [1.82, 2.24) is 14.9 Å². The molecule has 2 rings (SSSR count). The van der Waals surface area contributed by atoms with Crippen molar-refractivity contribution in [3.8, 4) is 0 Å². The third-order valence-corrected chi connectivity index (χ3v) is 3.83. The van der Waals surface area contributed by atoms with Gasteiger partial charge in [0, 0.05) is 38.7 Å². The third-order valence-electron chi connectivity index (χ3n) is 3.83. The van der Waals surface area contributed by atoms with Gasteiger partial charge in [-0.1, -0.05) is 0 Å². The molecule has 1 fully saturated rings. The van der Waals surface area contributed by atoms with Gasteiger partial charge in [-0.25, -0.2) is 9.97 Å². The number of aryl methyl sites for hydroxylation is 1. The molecule has 0 spiro atoms. The normalized spacial score (nSPS) is 14.9. The van der Waals surface area contributed by atoms with Crippen molar-refractivity contribution < 1.29 is 4.79 Å². The molecule has 6 heteroatoms. The fraction of sp³-hybridized carbons (Fsp3) is 0.667. The predicted molar refractivity (Wildman–Crippen MR) is 84.6 cm³/mol. The summed E-state index contributed by atoms with van der Waals surface area (Å²) >= 11 is 0. The van der Waals surface area contributed by atoms with E-state index in [9.17, 15) is 4.79 Å². The second kappa shape index (κ2) is 7.24. The Kier molecular flexibility index (Phi) is 5.36. The molecule has 0 bridgehead atoms. The second-order valence-corrected chi connectivity index (χ2v) is 5.46. The Labute approximate surface area is 126 Å². The maximum atomic E-state index is 12.1. The van der Waals surface area contributed by atoms with E-state index in [2.05, 4.69) is 20.6 Å². The van der Waals surface area contributed by atoms with Crippen LogP contribution < -0.4 is 10.6 Å². The largest absolute Gasteiger partial charge is 0.373 e. The number of hydrogen-bond acceptors (Lipinski definition) is 5. The van der Waals surface area contributed by atoms with Crippen LogP contribution in [0, 0.1) is 13.8 Å². The lowest BCUT2D eigenvalue weighted by molar-refractivity contribution is -0.131. The minimum Gasteiger partial charge on any atom is -0.373 e. The molecule has 1 amide bonds. The molecule has 1 aliphatic rings. The van der Waals surface area contributed by atoms with Crippen LogP contribution in [0.1, 0.15) is 37.1 Å². The molecule has 116 valence electrons. The van der Waals surface area contributed by atoms with E-state index in [0.29, 0.717) is 13.0 Å². The summed E-state index contributed by atoms with van der Waals surface area (Å²) in [5.74, 6) is 2.58. The highest BCUT2D eigenvalue weighted by atomic mass is 16.2. The number of likely N-dealkylation sites (tertiary alicyclic amines) is 1. The lowest BCUT2D eigenvalue weighted by atomic mass is 10.1. The summed E-state index contributed by atoms with van der Waals surface area (Å²) in [6.07, 6.45) is 4.02. The number of carbonyl (C=O) groups is 1. The highest BCUT2D eigenvalue weighted by molar-refractivity contribution is 5.76. The zero-order chi connectivity index (χ0) is 15.2. The van der Waals surface area contributed by atoms with Crippen LogP contribution in [0.4, 0.5) is 11.6 Å². The summed E-state index contributed by atoms with van der Waals surface area (Å²) in [6.45, 7) is 6.27. The third kappa shape index (κ3) is 4.06. The molecule has 1 aliphatic heterocycles. The number of amides is 1. The van der Waals surface area contributed by atoms with Crippen molar-refractivity contribution in [2.24, 2.45) is 0 Å². The SMILES string of the molecule is CNc1nc(C)nc(NCCC(=O)N2CCCCC2)c1C. The smallest absolute Gasteiger partial charge is 0.224 e. The number of nitrogens with one attached hydrogen (secondary N) is 2. The molecular weight excluding hydrogens is 266 g/mol. The van der Waals surface area contributed by atoms with Crippen molar-refractivity contribution in [3.05, 3.63) is 11.4 Å². The van der Waals surface area contributed by atoms with Gasteiger partial charge in [0.15, 0.2) is 0 Å². The van der Waals surface area contributed by atoms with E-state index in [1.165, 1.54) is 6.42 Å². The molecule has 0 aliphatic carbocycles. The first-order chi connectivity index (χ1) is 10.1. The Hall–Kier alpha value is -1.85. The number of hydrogen-bond donors (Lipinski definition) is 2. The lowest BCUT2D eigenvalue weighted by Gasteiger charge is -2.26. The quantitative estimate of drug-likeness (QED) is 0.867. The predicted octanol–water partition coefficient (Wildman–Crippen LogP) is 1.95. The molecule has 1 aromatic rings. The maximum Gasteiger partial charge on any atom is 0.224 e. The Balaban J connectivity index is 1.88. The molecule has 21 heavy (non-hydrogen) atoms. The molecule has 0 saturated carbocycles. The topological polar surface area (TPSA) is 70.1 Å². The summed E-state index contributed by atoms with van der Waals surface area (Å²) in [5.41, 5.74) is 0.980. The minimum atomic E-state index is 0.236. The van der Waals surface area contributed by atoms with Crippen molar-refractivity contribution in [1.29, 1.82) is 0 Å². The van der Waals surface area contributed by atoms with Gasteiger partial charge in [0.2, 0.25) is 5.91 Å². The van der Waals surface area contributed by atoms with Crippen LogP contribution in [0.3, 0.4) is 0 Å². The first kappa shape index (κ1) is 15.5. The highest BCUT2D eigenvalue weighted by Gasteiger charge is 2.16. The van der Waals surface area contributed by atoms with Gasteiger partial charge < -0.3 is 15.5 Å². The van der Waals surface area contributed by atoms with Crippen molar-refractivity contribution in [3.63, 3.8) is 0 Å². The van der Waals surface area contributed by atoms with E-state index < -0.39 is 0 Å². The van der Waals surface area contributed by atoms with Crippen molar-refractivity contribution >= 4 is 17.5 Å². The summed E-state index contributed by atoms with van der Waals surface area (Å²) in [4.78, 5) is 22.8. The molecule has 2 N–H and O–H groups in total. The Morgan fingerprint density at radius 1 is 1.14 bits per heavy atom. The fourth-order valence-corrected chi connectivity index (χ4v) is 2.63. The summed E-state index contributed by atoms with van der Waals surface area (Å²) in [5, 5.41) is 6.32. The van der Waals surface area contributed by atoms with Gasteiger partial charge >= 0.3 is 0 Å². The second-order valence-electron chi connectivity index (χ2n) is 5.46. The van der Waals surface area contributed by atoms with Crippen LogP contribution in [0.5, 0.6) is 0 Å². The van der Waals surface area contributed by atoms with Crippen molar-refractivity contribution in [2.75, 3.05) is 37.3 Å². The van der Waals surface area contributed by atoms with E-state index in [4.69, 9.17) is 0 Å². The van der Waals surface area contributed by atoms with Crippen LogP contribution in [0.2, 0.25) is 0 Å². The molecule has 0 atom stereocenters. The molecule has 0 aromatic carbocycles. The van der Waals surface area contributed by atoms with Gasteiger partial charge in [-0.2, -0.15) is 0 Å². The summed E-state index contributed by atoms with van der Waals surface area (Å²) in [7, 11) is 1.85. The Bertz CT molecular complexity index is 497. The molecule has 6 nitrogen and oxygen atoms in total. The number of nitrogens with zero attached hydrogens (tertiary/aromatic N) is 3. The molecule has 0 unspecified atom stereocenters. The van der Waals surface area contributed by atoms with Gasteiger partial charge in [0.05, 0.1) is 0 Å². The first-order valence-corrected chi connectivity index (χ1v) is 7.66. The summed E-state index contributed by atoms with van der Waals surface area (Å²) < 4.78 is 0. The van der Waals surface area contributed by atoms with Gasteiger partial charge in [-0.3, -0.25) is 4.79 Å². The van der Waals surface area contributed by atoms with E-state index >= 15 is 0 Å². The van der Waals surface area contributed by atoms with Gasteiger partial charge in [0.25, 0.3) is 0 Å². The molecule has 0 radical (unpaired) electrons. The van der Waals surface area contributed by atoms with Crippen LogP contribution in [0.25, 0.3) is 0 Å². The number of piperidine rings is 1. The van der Waals surface area contributed by atoms with Crippen LogP contribution in [-0.4, -0.2) is 47.5 Å². The van der Waals surface area contributed by atoms with Gasteiger partial charge in [-0.15, -0.1) is 0 Å². The average Bonchev–Trinajstić information content (AvgIpc) is 2.51. The van der Waals surface area contributed by atoms with E-state index in [1.54, 1.807) is 0 Å². The van der Waals surface area contributed by atoms with E-state index in [1.807, 2.05) is 25.8 Å². The number of anilines is 2. The monoisotopic (exact) mass is 291 g/mol. The Morgan fingerprint density at radius 2 is 1.81 bits per heavy atom. The molecule has 1 saturated heterocycles. The van der Waals surface area contributed by atoms with Crippen molar-refractivity contribution in [2.45, 2.75) is 39.5 Å².